The summed E-state index contributed by atoms with van der Waals surface area (Å²) < 4.78 is 40.2. The number of nitrogens with zero attached hydrogens (tertiary/aromatic N) is 4. The van der Waals surface area contributed by atoms with Gasteiger partial charge in [-0.1, -0.05) is 18.2 Å². The first-order chi connectivity index (χ1) is 16.2. The number of rotatable bonds is 7. The van der Waals surface area contributed by atoms with Crippen molar-refractivity contribution in [2.24, 2.45) is 0 Å². The Kier molecular flexibility index (Phi) is 6.22. The van der Waals surface area contributed by atoms with E-state index in [0.29, 0.717) is 17.7 Å². The maximum absolute atomic E-state index is 16.5. The van der Waals surface area contributed by atoms with Crippen LogP contribution in [0.1, 0.15) is 44.3 Å². The molecule has 1 aliphatic heterocycles. The summed E-state index contributed by atoms with van der Waals surface area (Å²) in [6.45, 7) is 5.66. The van der Waals surface area contributed by atoms with E-state index < -0.39 is 35.5 Å². The van der Waals surface area contributed by atoms with Gasteiger partial charge in [-0.05, 0) is 32.9 Å². The molecule has 3 heterocycles. The molecule has 0 unspecified atom stereocenters. The lowest BCUT2D eigenvalue weighted by molar-refractivity contribution is -0.175. The Balaban J connectivity index is 1.67. The molecule has 0 spiro atoms. The Morgan fingerprint density at radius 3 is 2.59 bits per heavy atom. The van der Waals surface area contributed by atoms with Gasteiger partial charge < -0.3 is 18.9 Å². The van der Waals surface area contributed by atoms with Gasteiger partial charge in [-0.25, -0.2) is 19.2 Å². The maximum atomic E-state index is 16.5. The van der Waals surface area contributed by atoms with Gasteiger partial charge in [0, 0.05) is 6.92 Å². The average molecular weight is 472 g/mol. The number of fused-ring (bicyclic) bond motifs is 1. The van der Waals surface area contributed by atoms with E-state index in [1.165, 1.54) is 38.0 Å². The fraction of sp³-hybridized carbons (Fsp3) is 0.435. The first-order valence-electron chi connectivity index (χ1n) is 10.8. The second kappa shape index (κ2) is 8.98. The van der Waals surface area contributed by atoms with Crippen LogP contribution in [0.25, 0.3) is 11.2 Å². The number of hydrogen-bond donors (Lipinski definition) is 0. The van der Waals surface area contributed by atoms with E-state index in [1.54, 1.807) is 37.3 Å². The fourth-order valence-electron chi connectivity index (χ4n) is 4.02. The predicted octanol–water partition coefficient (Wildman–Crippen LogP) is 3.03. The van der Waals surface area contributed by atoms with E-state index in [4.69, 9.17) is 18.9 Å². The fourth-order valence-corrected chi connectivity index (χ4v) is 4.02. The largest absolute Gasteiger partial charge is 0.476 e. The minimum absolute atomic E-state index is 0.251. The van der Waals surface area contributed by atoms with Crippen LogP contribution < -0.4 is 4.74 Å². The van der Waals surface area contributed by atoms with Crippen LogP contribution in [-0.2, 0) is 19.0 Å². The number of esters is 2. The molecule has 1 fully saturated rings. The highest BCUT2D eigenvalue weighted by Crippen LogP contribution is 2.51. The van der Waals surface area contributed by atoms with Crippen molar-refractivity contribution in [1.82, 2.24) is 19.5 Å². The number of ether oxygens (including phenoxy) is 4. The normalized spacial score (nSPS) is 26.4. The summed E-state index contributed by atoms with van der Waals surface area (Å²) in [4.78, 5) is 36.9. The maximum Gasteiger partial charge on any atom is 0.338 e. The molecule has 11 heteroatoms. The molecule has 0 N–H and O–H groups in total. The predicted molar refractivity (Wildman–Crippen MR) is 117 cm³/mol. The van der Waals surface area contributed by atoms with Gasteiger partial charge in [-0.2, -0.15) is 4.98 Å². The molecule has 4 atom stereocenters. The van der Waals surface area contributed by atoms with Gasteiger partial charge in [0.15, 0.2) is 28.7 Å². The van der Waals surface area contributed by atoms with E-state index in [-0.39, 0.29) is 18.1 Å². The van der Waals surface area contributed by atoms with Gasteiger partial charge in [-0.3, -0.25) is 9.36 Å². The van der Waals surface area contributed by atoms with E-state index in [1.807, 2.05) is 0 Å². The van der Waals surface area contributed by atoms with Gasteiger partial charge in [0.05, 0.1) is 18.5 Å². The smallest absolute Gasteiger partial charge is 0.338 e. The molecule has 0 radical (unpaired) electrons. The van der Waals surface area contributed by atoms with Crippen LogP contribution in [0.4, 0.5) is 4.39 Å². The molecule has 0 saturated carbocycles. The van der Waals surface area contributed by atoms with Crippen molar-refractivity contribution < 1.29 is 32.9 Å². The molecule has 10 nitrogen and oxygen atoms in total. The van der Waals surface area contributed by atoms with Crippen molar-refractivity contribution in [3.63, 3.8) is 0 Å². The second-order valence-corrected chi connectivity index (χ2v) is 8.15. The Morgan fingerprint density at radius 1 is 1.18 bits per heavy atom. The summed E-state index contributed by atoms with van der Waals surface area (Å²) in [5.74, 6) is -1.06. The molecule has 4 rings (SSSR count). The molecule has 2 aromatic heterocycles. The number of imidazole rings is 1. The zero-order valence-corrected chi connectivity index (χ0v) is 19.2. The first-order valence-corrected chi connectivity index (χ1v) is 10.8. The molecule has 0 amide bonds. The van der Waals surface area contributed by atoms with Crippen LogP contribution in [0.5, 0.6) is 5.88 Å². The number of carbonyl (C=O) groups excluding carboxylic acids is 2. The molecule has 180 valence electrons. The molecule has 1 aromatic carbocycles. The van der Waals surface area contributed by atoms with Crippen LogP contribution in [0.15, 0.2) is 43.0 Å². The minimum Gasteiger partial charge on any atom is -0.476 e. The number of alkyl halides is 1. The highest BCUT2D eigenvalue weighted by Gasteiger charge is 2.66. The highest BCUT2D eigenvalue weighted by molar-refractivity contribution is 5.89. The summed E-state index contributed by atoms with van der Waals surface area (Å²) in [6, 6.07) is 8.35. The highest BCUT2D eigenvalue weighted by atomic mass is 19.1. The second-order valence-electron chi connectivity index (χ2n) is 8.15. The van der Waals surface area contributed by atoms with Crippen LogP contribution in [0.3, 0.4) is 0 Å². The van der Waals surface area contributed by atoms with Crippen molar-refractivity contribution in [3.05, 3.63) is 48.5 Å². The number of aromatic nitrogens is 4. The summed E-state index contributed by atoms with van der Waals surface area (Å²) in [6.07, 6.45) is 0.221. The number of benzene rings is 1. The number of carbonyl (C=O) groups is 2. The Bertz CT molecular complexity index is 1200. The van der Waals surface area contributed by atoms with Crippen LogP contribution in [0, 0.1) is 0 Å². The van der Waals surface area contributed by atoms with Gasteiger partial charge in [0.2, 0.25) is 5.88 Å². The standard InChI is InChI=1S/C23H25FN4O6/c1-5-31-19-17-18(25-12-26-19)28(13-27-17)21-22(3,24)23(4,34-14(2)29)16(33-21)11-32-20(30)15-9-7-6-8-10-15/h6-10,12-13,16,21H,5,11H2,1-4H3/t16-,21-,22+,23+/m1/s1. The first kappa shape index (κ1) is 23.6. The zero-order valence-electron chi connectivity index (χ0n) is 19.2. The van der Waals surface area contributed by atoms with Crippen molar-refractivity contribution in [3.8, 4) is 5.88 Å². The van der Waals surface area contributed by atoms with Crippen LogP contribution >= 0.6 is 0 Å². The van der Waals surface area contributed by atoms with E-state index in [9.17, 15) is 9.59 Å². The van der Waals surface area contributed by atoms with Gasteiger partial charge in [0.25, 0.3) is 0 Å². The third-order valence-electron chi connectivity index (χ3n) is 5.93. The number of hydrogen-bond acceptors (Lipinski definition) is 9. The molecular weight excluding hydrogens is 447 g/mol. The Hall–Kier alpha value is -3.60. The molecule has 34 heavy (non-hydrogen) atoms. The number of halogens is 1. The lowest BCUT2D eigenvalue weighted by Crippen LogP contribution is -2.55. The average Bonchev–Trinajstić information content (AvgIpc) is 3.30. The van der Waals surface area contributed by atoms with Crippen molar-refractivity contribution in [1.29, 1.82) is 0 Å². The molecule has 1 aliphatic rings. The topological polar surface area (TPSA) is 115 Å². The summed E-state index contributed by atoms with van der Waals surface area (Å²) in [5, 5.41) is 0. The molecule has 3 aromatic rings. The summed E-state index contributed by atoms with van der Waals surface area (Å²) >= 11 is 0. The Labute approximate surface area is 195 Å². The SMILES string of the molecule is CCOc1ncnc2c1ncn2[C@@H]1O[C@H](COC(=O)c2ccccc2)[C@](C)(OC(C)=O)[C@@]1(C)F. The molecule has 0 aliphatic carbocycles. The lowest BCUT2D eigenvalue weighted by Gasteiger charge is -2.36. The van der Waals surface area contributed by atoms with E-state index in [2.05, 4.69) is 15.0 Å². The minimum atomic E-state index is -2.26. The zero-order chi connectivity index (χ0) is 24.5. The monoisotopic (exact) mass is 472 g/mol. The third kappa shape index (κ3) is 3.96. The molecular formula is C23H25FN4O6. The summed E-state index contributed by atoms with van der Waals surface area (Å²) in [5.41, 5.74) is -3.11. The Morgan fingerprint density at radius 2 is 1.91 bits per heavy atom. The molecule has 0 bridgehead atoms. The van der Waals surface area contributed by atoms with E-state index in [0.717, 1.165) is 0 Å². The lowest BCUT2D eigenvalue weighted by atomic mass is 9.84. The quantitative estimate of drug-likeness (QED) is 0.479. The van der Waals surface area contributed by atoms with Gasteiger partial charge >= 0.3 is 11.9 Å². The van der Waals surface area contributed by atoms with Crippen molar-refractivity contribution in [2.75, 3.05) is 13.2 Å². The van der Waals surface area contributed by atoms with Gasteiger partial charge in [-0.15, -0.1) is 0 Å². The third-order valence-corrected chi connectivity index (χ3v) is 5.93. The van der Waals surface area contributed by atoms with Crippen molar-refractivity contribution in [2.45, 2.75) is 51.3 Å². The van der Waals surface area contributed by atoms with Crippen LogP contribution in [0.2, 0.25) is 0 Å². The van der Waals surface area contributed by atoms with Crippen molar-refractivity contribution >= 4 is 23.1 Å². The van der Waals surface area contributed by atoms with Crippen LogP contribution in [-0.4, -0.2) is 62.0 Å². The molecule has 1 saturated heterocycles. The van der Waals surface area contributed by atoms with E-state index >= 15 is 4.39 Å². The summed E-state index contributed by atoms with van der Waals surface area (Å²) in [7, 11) is 0. The van der Waals surface area contributed by atoms with Gasteiger partial charge in [0.1, 0.15) is 19.0 Å².